The number of nitro groups is 1. The fraction of sp³-hybridized carbons (Fsp3) is 0.125. The van der Waals surface area contributed by atoms with Crippen molar-refractivity contribution in [1.29, 1.82) is 0 Å². The second kappa shape index (κ2) is 6.37. The first kappa shape index (κ1) is 15.5. The van der Waals surface area contributed by atoms with Crippen molar-refractivity contribution in [2.45, 2.75) is 6.54 Å². The van der Waals surface area contributed by atoms with E-state index in [1.54, 1.807) is 0 Å². The number of imidazole rings is 1. The third-order valence-corrected chi connectivity index (χ3v) is 3.62. The normalized spacial score (nSPS) is 10.5. The average Bonchev–Trinajstić information content (AvgIpc) is 2.90. The van der Waals surface area contributed by atoms with Crippen LogP contribution in [0, 0.1) is 10.1 Å². The summed E-state index contributed by atoms with van der Waals surface area (Å²) in [4.78, 5) is 26.5. The number of carbonyl (C=O) groups excluding carboxylic acids is 1. The first-order valence-corrected chi connectivity index (χ1v) is 7.24. The van der Waals surface area contributed by atoms with E-state index in [4.69, 9.17) is 0 Å². The molecule has 8 heteroatoms. The Balaban J connectivity index is 1.62. The standard InChI is InChI=1S/C16H15N5O3/c1-20-14-5-3-2-4-13(14)19-15(20)10-17-16(22)18-11-6-8-12(9-7-11)21(23)24/h2-9H,10H2,1H3,(H2,17,18,22). The molecule has 0 aliphatic rings. The van der Waals surface area contributed by atoms with Gasteiger partial charge in [-0.2, -0.15) is 0 Å². The maximum absolute atomic E-state index is 11.9. The van der Waals surface area contributed by atoms with E-state index in [1.165, 1.54) is 24.3 Å². The number of urea groups is 1. The van der Waals surface area contributed by atoms with Crippen molar-refractivity contribution in [3.05, 3.63) is 64.5 Å². The number of hydrogen-bond acceptors (Lipinski definition) is 4. The lowest BCUT2D eigenvalue weighted by atomic mass is 10.3. The fourth-order valence-electron chi connectivity index (χ4n) is 2.35. The van der Waals surface area contributed by atoms with Crippen LogP contribution in [0.15, 0.2) is 48.5 Å². The summed E-state index contributed by atoms with van der Waals surface area (Å²) in [6.07, 6.45) is 0. The zero-order valence-electron chi connectivity index (χ0n) is 12.9. The number of para-hydroxylation sites is 2. The van der Waals surface area contributed by atoms with Crippen molar-refractivity contribution in [3.63, 3.8) is 0 Å². The van der Waals surface area contributed by atoms with Gasteiger partial charge in [0.25, 0.3) is 5.69 Å². The highest BCUT2D eigenvalue weighted by molar-refractivity contribution is 5.89. The summed E-state index contributed by atoms with van der Waals surface area (Å²) < 4.78 is 1.92. The van der Waals surface area contributed by atoms with Gasteiger partial charge in [0, 0.05) is 24.9 Å². The van der Waals surface area contributed by atoms with Crippen LogP contribution in [0.4, 0.5) is 16.2 Å². The molecule has 0 unspecified atom stereocenters. The van der Waals surface area contributed by atoms with Gasteiger partial charge in [0.2, 0.25) is 0 Å². The molecular formula is C16H15N5O3. The number of amides is 2. The van der Waals surface area contributed by atoms with Gasteiger partial charge in [-0.15, -0.1) is 0 Å². The number of fused-ring (bicyclic) bond motifs is 1. The van der Waals surface area contributed by atoms with Gasteiger partial charge < -0.3 is 15.2 Å². The van der Waals surface area contributed by atoms with Gasteiger partial charge in [0.15, 0.2) is 0 Å². The van der Waals surface area contributed by atoms with Crippen molar-refractivity contribution >= 4 is 28.4 Å². The number of nitrogens with zero attached hydrogens (tertiary/aromatic N) is 3. The number of carbonyl (C=O) groups is 1. The highest BCUT2D eigenvalue weighted by Crippen LogP contribution is 2.16. The summed E-state index contributed by atoms with van der Waals surface area (Å²) in [6, 6.07) is 12.9. The molecule has 1 aromatic heterocycles. The van der Waals surface area contributed by atoms with Gasteiger partial charge in [-0.3, -0.25) is 10.1 Å². The SMILES string of the molecule is Cn1c(CNC(=O)Nc2ccc([N+](=O)[O-])cc2)nc2ccccc21. The topological polar surface area (TPSA) is 102 Å². The van der Waals surface area contributed by atoms with Crippen molar-refractivity contribution in [1.82, 2.24) is 14.9 Å². The van der Waals surface area contributed by atoms with Crippen molar-refractivity contribution in [2.24, 2.45) is 7.05 Å². The Labute approximate surface area is 137 Å². The van der Waals surface area contributed by atoms with E-state index in [1.807, 2.05) is 35.9 Å². The predicted octanol–water partition coefficient (Wildman–Crippen LogP) is 2.80. The van der Waals surface area contributed by atoms with Gasteiger partial charge in [0.1, 0.15) is 5.82 Å². The van der Waals surface area contributed by atoms with Crippen LogP contribution in [-0.4, -0.2) is 20.5 Å². The number of benzene rings is 2. The number of nitro benzene ring substituents is 1. The molecule has 3 aromatic rings. The summed E-state index contributed by atoms with van der Waals surface area (Å²) in [5.74, 6) is 0.732. The third-order valence-electron chi connectivity index (χ3n) is 3.62. The van der Waals surface area contributed by atoms with Crippen LogP contribution in [0.2, 0.25) is 0 Å². The molecule has 0 saturated heterocycles. The molecule has 24 heavy (non-hydrogen) atoms. The molecule has 2 amide bonds. The van der Waals surface area contributed by atoms with Crippen LogP contribution >= 0.6 is 0 Å². The molecule has 1 heterocycles. The quantitative estimate of drug-likeness (QED) is 0.568. The molecular weight excluding hydrogens is 310 g/mol. The maximum atomic E-state index is 11.9. The summed E-state index contributed by atoms with van der Waals surface area (Å²) >= 11 is 0. The van der Waals surface area contributed by atoms with Crippen LogP contribution in [0.3, 0.4) is 0 Å². The van der Waals surface area contributed by atoms with E-state index in [-0.39, 0.29) is 12.2 Å². The van der Waals surface area contributed by atoms with Gasteiger partial charge in [-0.25, -0.2) is 9.78 Å². The Morgan fingerprint density at radius 1 is 1.21 bits per heavy atom. The molecule has 0 aliphatic heterocycles. The van der Waals surface area contributed by atoms with Crippen molar-refractivity contribution < 1.29 is 9.72 Å². The molecule has 0 radical (unpaired) electrons. The molecule has 3 rings (SSSR count). The molecule has 0 saturated carbocycles. The summed E-state index contributed by atoms with van der Waals surface area (Å²) in [5, 5.41) is 15.9. The van der Waals surface area contributed by atoms with E-state index in [0.717, 1.165) is 16.9 Å². The number of rotatable bonds is 4. The minimum atomic E-state index is -0.490. The van der Waals surface area contributed by atoms with Crippen molar-refractivity contribution in [2.75, 3.05) is 5.32 Å². The van der Waals surface area contributed by atoms with Crippen molar-refractivity contribution in [3.8, 4) is 0 Å². The second-order valence-corrected chi connectivity index (χ2v) is 5.19. The Morgan fingerprint density at radius 2 is 1.92 bits per heavy atom. The van der Waals surface area contributed by atoms with Crippen LogP contribution < -0.4 is 10.6 Å². The van der Waals surface area contributed by atoms with E-state index in [0.29, 0.717) is 5.69 Å². The number of hydrogen-bond donors (Lipinski definition) is 2. The molecule has 8 nitrogen and oxygen atoms in total. The molecule has 2 aromatic carbocycles. The first-order valence-electron chi connectivity index (χ1n) is 7.24. The number of aromatic nitrogens is 2. The lowest BCUT2D eigenvalue weighted by Gasteiger charge is -2.07. The predicted molar refractivity (Wildman–Crippen MR) is 89.7 cm³/mol. The Bertz CT molecular complexity index is 902. The van der Waals surface area contributed by atoms with E-state index in [9.17, 15) is 14.9 Å². The summed E-state index contributed by atoms with van der Waals surface area (Å²) in [7, 11) is 1.89. The molecule has 2 N–H and O–H groups in total. The number of aryl methyl sites for hydroxylation is 1. The zero-order chi connectivity index (χ0) is 17.1. The van der Waals surface area contributed by atoms with E-state index < -0.39 is 11.0 Å². The van der Waals surface area contributed by atoms with E-state index >= 15 is 0 Å². The summed E-state index contributed by atoms with van der Waals surface area (Å²) in [5.41, 5.74) is 2.31. The van der Waals surface area contributed by atoms with Gasteiger partial charge >= 0.3 is 6.03 Å². The van der Waals surface area contributed by atoms with Gasteiger partial charge in [0.05, 0.1) is 22.5 Å². The van der Waals surface area contributed by atoms with Crippen LogP contribution in [-0.2, 0) is 13.6 Å². The lowest BCUT2D eigenvalue weighted by molar-refractivity contribution is -0.384. The largest absolute Gasteiger partial charge is 0.331 e. The Kier molecular flexibility index (Phi) is 4.11. The molecule has 122 valence electrons. The average molecular weight is 325 g/mol. The minimum Gasteiger partial charge on any atom is -0.331 e. The number of non-ortho nitro benzene ring substituents is 1. The van der Waals surface area contributed by atoms with Gasteiger partial charge in [-0.05, 0) is 24.3 Å². The summed E-state index contributed by atoms with van der Waals surface area (Å²) in [6.45, 7) is 0.268. The molecule has 0 atom stereocenters. The third kappa shape index (κ3) is 3.17. The van der Waals surface area contributed by atoms with Crippen LogP contribution in [0.5, 0.6) is 0 Å². The minimum absolute atomic E-state index is 0.0272. The molecule has 0 fully saturated rings. The highest BCUT2D eigenvalue weighted by atomic mass is 16.6. The smallest absolute Gasteiger partial charge is 0.319 e. The Hall–Kier alpha value is -3.42. The van der Waals surface area contributed by atoms with Crippen LogP contribution in [0.25, 0.3) is 11.0 Å². The molecule has 0 bridgehead atoms. The molecule has 0 aliphatic carbocycles. The number of anilines is 1. The van der Waals surface area contributed by atoms with E-state index in [2.05, 4.69) is 15.6 Å². The zero-order valence-corrected chi connectivity index (χ0v) is 12.9. The Morgan fingerprint density at radius 3 is 2.58 bits per heavy atom. The van der Waals surface area contributed by atoms with Gasteiger partial charge in [-0.1, -0.05) is 12.1 Å². The second-order valence-electron chi connectivity index (χ2n) is 5.19. The highest BCUT2D eigenvalue weighted by Gasteiger charge is 2.09. The lowest BCUT2D eigenvalue weighted by Crippen LogP contribution is -2.29. The number of nitrogens with one attached hydrogen (secondary N) is 2. The first-order chi connectivity index (χ1) is 11.5. The molecule has 0 spiro atoms. The monoisotopic (exact) mass is 325 g/mol. The fourth-order valence-corrected chi connectivity index (χ4v) is 2.35. The maximum Gasteiger partial charge on any atom is 0.319 e. The van der Waals surface area contributed by atoms with Crippen LogP contribution in [0.1, 0.15) is 5.82 Å².